The number of amides is 1. The molecule has 1 aromatic rings. The molecule has 1 amide bonds. The largest absolute Gasteiger partial charge is 0.356 e. The smallest absolute Gasteiger partial charge is 0.257 e. The number of rotatable bonds is 4. The van der Waals surface area contributed by atoms with Gasteiger partial charge in [-0.3, -0.25) is 4.79 Å². The van der Waals surface area contributed by atoms with Crippen LogP contribution in [0.5, 0.6) is 0 Å². The molecule has 2 aliphatic rings. The number of anilines is 1. The summed E-state index contributed by atoms with van der Waals surface area (Å²) < 4.78 is 0. The number of likely N-dealkylation sites (tertiary alicyclic amines) is 1. The van der Waals surface area contributed by atoms with Crippen LogP contribution in [-0.4, -0.2) is 55.6 Å². The van der Waals surface area contributed by atoms with Gasteiger partial charge in [0.15, 0.2) is 0 Å². The van der Waals surface area contributed by atoms with Crippen molar-refractivity contribution in [2.75, 3.05) is 44.7 Å². The van der Waals surface area contributed by atoms with Gasteiger partial charge in [0.05, 0.1) is 5.56 Å². The van der Waals surface area contributed by atoms with Gasteiger partial charge in [-0.2, -0.15) is 0 Å². The van der Waals surface area contributed by atoms with Crippen molar-refractivity contribution in [2.45, 2.75) is 32.1 Å². The number of pyridine rings is 1. The minimum atomic E-state index is 0.152. The Hall–Kier alpha value is -1.62. The molecule has 3 heterocycles. The number of nitrogens with zero attached hydrogens (tertiary/aromatic N) is 3. The first-order valence-corrected chi connectivity index (χ1v) is 8.93. The second kappa shape index (κ2) is 7.77. The molecular formula is C18H28N4O. The van der Waals surface area contributed by atoms with Gasteiger partial charge in [0, 0.05) is 32.4 Å². The van der Waals surface area contributed by atoms with Crippen LogP contribution in [0.3, 0.4) is 0 Å². The Morgan fingerprint density at radius 1 is 1.26 bits per heavy atom. The summed E-state index contributed by atoms with van der Waals surface area (Å²) in [7, 11) is 1.98. The number of piperidine rings is 2. The van der Waals surface area contributed by atoms with Crippen molar-refractivity contribution >= 4 is 11.7 Å². The fraction of sp³-hybridized carbons (Fsp3) is 0.667. The molecule has 126 valence electrons. The van der Waals surface area contributed by atoms with Crippen LogP contribution in [0.1, 0.15) is 42.5 Å². The maximum atomic E-state index is 13.1. The van der Waals surface area contributed by atoms with Gasteiger partial charge >= 0.3 is 0 Å². The fourth-order valence-corrected chi connectivity index (χ4v) is 3.80. The zero-order chi connectivity index (χ0) is 16.1. The van der Waals surface area contributed by atoms with E-state index in [1.807, 2.05) is 24.1 Å². The van der Waals surface area contributed by atoms with Crippen LogP contribution < -0.4 is 10.2 Å². The van der Waals surface area contributed by atoms with Crippen molar-refractivity contribution in [3.8, 4) is 0 Å². The van der Waals surface area contributed by atoms with Crippen LogP contribution in [0, 0.1) is 5.92 Å². The van der Waals surface area contributed by atoms with Gasteiger partial charge in [-0.05, 0) is 63.7 Å². The molecular weight excluding hydrogens is 288 g/mol. The molecule has 1 aromatic heterocycles. The fourth-order valence-electron chi connectivity index (χ4n) is 3.80. The molecule has 5 heteroatoms. The van der Waals surface area contributed by atoms with Crippen LogP contribution in [0.25, 0.3) is 0 Å². The summed E-state index contributed by atoms with van der Waals surface area (Å²) in [5, 5.41) is 3.24. The average molecular weight is 316 g/mol. The highest BCUT2D eigenvalue weighted by atomic mass is 16.2. The highest BCUT2D eigenvalue weighted by molar-refractivity contribution is 5.99. The van der Waals surface area contributed by atoms with E-state index in [0.717, 1.165) is 50.5 Å². The Bertz CT molecular complexity index is 526. The summed E-state index contributed by atoms with van der Waals surface area (Å²) in [5.41, 5.74) is 0.777. The van der Waals surface area contributed by atoms with Crippen molar-refractivity contribution in [2.24, 2.45) is 5.92 Å². The molecule has 2 fully saturated rings. The summed E-state index contributed by atoms with van der Waals surface area (Å²) in [4.78, 5) is 21.9. The standard InChI is InChI=1S/C18H28N4O/c1-19-13-15-7-6-12-22(14-15)18(23)16-8-5-9-20-17(16)21-10-3-2-4-11-21/h5,8-9,15,19H,2-4,6-7,10-14H2,1H3. The summed E-state index contributed by atoms with van der Waals surface area (Å²) in [6, 6.07) is 3.83. The number of aromatic nitrogens is 1. The lowest BCUT2D eigenvalue weighted by molar-refractivity contribution is 0.0674. The van der Waals surface area contributed by atoms with Crippen LogP contribution in [-0.2, 0) is 0 Å². The van der Waals surface area contributed by atoms with E-state index >= 15 is 0 Å². The second-order valence-electron chi connectivity index (χ2n) is 6.74. The summed E-state index contributed by atoms with van der Waals surface area (Å²) in [6.07, 6.45) is 7.77. The van der Waals surface area contributed by atoms with Crippen molar-refractivity contribution < 1.29 is 4.79 Å². The van der Waals surface area contributed by atoms with E-state index in [9.17, 15) is 4.79 Å². The van der Waals surface area contributed by atoms with Crippen molar-refractivity contribution in [1.29, 1.82) is 0 Å². The first-order chi connectivity index (χ1) is 11.3. The van der Waals surface area contributed by atoms with E-state index in [2.05, 4.69) is 15.2 Å². The zero-order valence-electron chi connectivity index (χ0n) is 14.1. The molecule has 3 rings (SSSR count). The third-order valence-electron chi connectivity index (χ3n) is 4.97. The van der Waals surface area contributed by atoms with E-state index in [-0.39, 0.29) is 5.91 Å². The molecule has 2 saturated heterocycles. The predicted molar refractivity (Wildman–Crippen MR) is 92.9 cm³/mol. The normalized spacial score (nSPS) is 22.2. The summed E-state index contributed by atoms with van der Waals surface area (Å²) in [5.74, 6) is 1.60. The lowest BCUT2D eigenvalue weighted by Gasteiger charge is -2.34. The number of carbonyl (C=O) groups excluding carboxylic acids is 1. The van der Waals surface area contributed by atoms with Gasteiger partial charge < -0.3 is 15.1 Å². The third kappa shape index (κ3) is 3.83. The van der Waals surface area contributed by atoms with E-state index in [1.54, 1.807) is 6.20 Å². The molecule has 23 heavy (non-hydrogen) atoms. The number of hydrogen-bond donors (Lipinski definition) is 1. The first-order valence-electron chi connectivity index (χ1n) is 8.93. The Labute approximate surface area is 139 Å². The van der Waals surface area contributed by atoms with Crippen molar-refractivity contribution in [3.63, 3.8) is 0 Å². The molecule has 5 nitrogen and oxygen atoms in total. The number of hydrogen-bond acceptors (Lipinski definition) is 4. The van der Waals surface area contributed by atoms with Gasteiger partial charge in [0.25, 0.3) is 5.91 Å². The van der Waals surface area contributed by atoms with Gasteiger partial charge in [0.1, 0.15) is 5.82 Å². The van der Waals surface area contributed by atoms with E-state index in [1.165, 1.54) is 25.7 Å². The molecule has 0 saturated carbocycles. The molecule has 0 bridgehead atoms. The predicted octanol–water partition coefficient (Wildman–Crippen LogP) is 2.14. The molecule has 0 aliphatic carbocycles. The molecule has 1 unspecified atom stereocenters. The summed E-state index contributed by atoms with van der Waals surface area (Å²) in [6.45, 7) is 4.73. The molecule has 1 N–H and O–H groups in total. The maximum absolute atomic E-state index is 13.1. The Balaban J connectivity index is 1.76. The van der Waals surface area contributed by atoms with Crippen LogP contribution >= 0.6 is 0 Å². The highest BCUT2D eigenvalue weighted by Crippen LogP contribution is 2.25. The zero-order valence-corrected chi connectivity index (χ0v) is 14.1. The van der Waals surface area contributed by atoms with Crippen molar-refractivity contribution in [3.05, 3.63) is 23.9 Å². The van der Waals surface area contributed by atoms with E-state index in [0.29, 0.717) is 5.92 Å². The second-order valence-corrected chi connectivity index (χ2v) is 6.74. The van der Waals surface area contributed by atoms with E-state index in [4.69, 9.17) is 0 Å². The topological polar surface area (TPSA) is 48.5 Å². The van der Waals surface area contributed by atoms with E-state index < -0.39 is 0 Å². The monoisotopic (exact) mass is 316 g/mol. The molecule has 1 atom stereocenters. The van der Waals surface area contributed by atoms with Gasteiger partial charge in [-0.1, -0.05) is 0 Å². The molecule has 0 spiro atoms. The maximum Gasteiger partial charge on any atom is 0.257 e. The third-order valence-corrected chi connectivity index (χ3v) is 4.97. The summed E-state index contributed by atoms with van der Waals surface area (Å²) >= 11 is 0. The molecule has 2 aliphatic heterocycles. The molecule has 0 radical (unpaired) electrons. The van der Waals surface area contributed by atoms with Crippen molar-refractivity contribution in [1.82, 2.24) is 15.2 Å². The average Bonchev–Trinajstić information content (AvgIpc) is 2.62. The van der Waals surface area contributed by atoms with Gasteiger partial charge in [0.2, 0.25) is 0 Å². The number of nitrogens with one attached hydrogen (secondary N) is 1. The van der Waals surface area contributed by atoms with Gasteiger partial charge in [-0.15, -0.1) is 0 Å². The van der Waals surface area contributed by atoms with Crippen LogP contribution in [0.2, 0.25) is 0 Å². The Kier molecular flexibility index (Phi) is 5.49. The first kappa shape index (κ1) is 16.2. The quantitative estimate of drug-likeness (QED) is 0.924. The van der Waals surface area contributed by atoms with Crippen LogP contribution in [0.15, 0.2) is 18.3 Å². The Morgan fingerprint density at radius 3 is 2.87 bits per heavy atom. The SMILES string of the molecule is CNCC1CCCN(C(=O)c2cccnc2N2CCCCC2)C1. The van der Waals surface area contributed by atoms with Crippen LogP contribution in [0.4, 0.5) is 5.82 Å². The molecule has 0 aromatic carbocycles. The minimum Gasteiger partial charge on any atom is -0.356 e. The minimum absolute atomic E-state index is 0.152. The number of carbonyl (C=O) groups is 1. The Morgan fingerprint density at radius 2 is 2.09 bits per heavy atom. The van der Waals surface area contributed by atoms with Gasteiger partial charge in [-0.25, -0.2) is 4.98 Å². The lowest BCUT2D eigenvalue weighted by Crippen LogP contribution is -2.43. The lowest BCUT2D eigenvalue weighted by atomic mass is 9.97. The highest BCUT2D eigenvalue weighted by Gasteiger charge is 2.27.